The van der Waals surface area contributed by atoms with Crippen LogP contribution in [0.25, 0.3) is 0 Å². The number of ether oxygens (including phenoxy) is 2. The van der Waals surface area contributed by atoms with Crippen LogP contribution in [-0.4, -0.2) is 29.0 Å². The van der Waals surface area contributed by atoms with E-state index in [9.17, 15) is 10.2 Å². The molecule has 20 heavy (non-hydrogen) atoms. The molecule has 4 nitrogen and oxygen atoms in total. The number of rotatable bonds is 2. The van der Waals surface area contributed by atoms with Crippen molar-refractivity contribution < 1.29 is 19.7 Å². The molecule has 0 saturated heterocycles. The van der Waals surface area contributed by atoms with Crippen molar-refractivity contribution in [3.63, 3.8) is 0 Å². The van der Waals surface area contributed by atoms with Gasteiger partial charge in [0.15, 0.2) is 11.5 Å². The van der Waals surface area contributed by atoms with Crippen LogP contribution in [0.3, 0.4) is 0 Å². The fraction of sp³-hybridized carbons (Fsp3) is 0.625. The molecule has 0 bridgehead atoms. The van der Waals surface area contributed by atoms with Crippen LogP contribution in [0.15, 0.2) is 18.2 Å². The van der Waals surface area contributed by atoms with Crippen LogP contribution in [-0.2, 0) is 0 Å². The standard InChI is InChI=1S/C16H22O4/c17-15(16(18)7-3-1-2-4-8-16)12-5-6-13-14(11-12)20-10-9-19-13/h5-6,11,15,17-18H,1-4,7-10H2. The number of hydrogen-bond acceptors (Lipinski definition) is 4. The fourth-order valence-corrected chi connectivity index (χ4v) is 3.15. The Morgan fingerprint density at radius 2 is 1.60 bits per heavy atom. The lowest BCUT2D eigenvalue weighted by molar-refractivity contribution is -0.0868. The average molecular weight is 278 g/mol. The lowest BCUT2D eigenvalue weighted by atomic mass is 9.84. The predicted octanol–water partition coefficient (Wildman–Crippen LogP) is 2.58. The lowest BCUT2D eigenvalue weighted by Crippen LogP contribution is -2.35. The molecule has 110 valence electrons. The number of benzene rings is 1. The molecule has 0 aromatic heterocycles. The maximum absolute atomic E-state index is 10.8. The lowest BCUT2D eigenvalue weighted by Gasteiger charge is -2.33. The Balaban J connectivity index is 1.83. The largest absolute Gasteiger partial charge is 0.486 e. The normalized spacial score (nSPS) is 22.9. The first-order valence-corrected chi connectivity index (χ1v) is 7.49. The molecule has 1 aliphatic carbocycles. The molecule has 1 atom stereocenters. The Morgan fingerprint density at radius 3 is 2.30 bits per heavy atom. The second kappa shape index (κ2) is 5.62. The van der Waals surface area contributed by atoms with E-state index in [4.69, 9.17) is 9.47 Å². The molecule has 1 aromatic carbocycles. The highest BCUT2D eigenvalue weighted by Crippen LogP contribution is 2.40. The van der Waals surface area contributed by atoms with Crippen LogP contribution in [0.4, 0.5) is 0 Å². The van der Waals surface area contributed by atoms with Gasteiger partial charge in [0, 0.05) is 0 Å². The Kier molecular flexibility index (Phi) is 3.85. The number of aliphatic hydroxyl groups is 2. The summed E-state index contributed by atoms with van der Waals surface area (Å²) in [6.45, 7) is 1.08. The average Bonchev–Trinajstić information content (AvgIpc) is 2.72. The van der Waals surface area contributed by atoms with Gasteiger partial charge in [-0.05, 0) is 30.5 Å². The highest BCUT2D eigenvalue weighted by atomic mass is 16.6. The zero-order valence-corrected chi connectivity index (χ0v) is 11.7. The van der Waals surface area contributed by atoms with Gasteiger partial charge < -0.3 is 19.7 Å². The smallest absolute Gasteiger partial charge is 0.161 e. The summed E-state index contributed by atoms with van der Waals surface area (Å²) in [6.07, 6.45) is 4.66. The van der Waals surface area contributed by atoms with Gasteiger partial charge in [0.05, 0.1) is 5.60 Å². The van der Waals surface area contributed by atoms with Gasteiger partial charge in [-0.25, -0.2) is 0 Å². The van der Waals surface area contributed by atoms with Crippen molar-refractivity contribution >= 4 is 0 Å². The Bertz CT molecular complexity index is 464. The summed E-state index contributed by atoms with van der Waals surface area (Å²) in [5.74, 6) is 1.37. The Labute approximate surface area is 119 Å². The Hall–Kier alpha value is -1.26. The molecule has 0 spiro atoms. The summed E-state index contributed by atoms with van der Waals surface area (Å²) >= 11 is 0. The second-order valence-electron chi connectivity index (χ2n) is 5.82. The molecule has 4 heteroatoms. The molecule has 1 aromatic rings. The molecular formula is C16H22O4. The molecule has 3 rings (SSSR count). The minimum absolute atomic E-state index is 0.525. The summed E-state index contributed by atoms with van der Waals surface area (Å²) in [6, 6.07) is 5.43. The van der Waals surface area contributed by atoms with Gasteiger partial charge in [0.25, 0.3) is 0 Å². The molecule has 1 heterocycles. The highest BCUT2D eigenvalue weighted by Gasteiger charge is 2.37. The van der Waals surface area contributed by atoms with E-state index >= 15 is 0 Å². The predicted molar refractivity (Wildman–Crippen MR) is 75.0 cm³/mol. The number of hydrogen-bond donors (Lipinski definition) is 2. The van der Waals surface area contributed by atoms with E-state index < -0.39 is 11.7 Å². The third-order valence-electron chi connectivity index (χ3n) is 4.36. The third-order valence-corrected chi connectivity index (χ3v) is 4.36. The summed E-state index contributed by atoms with van der Waals surface area (Å²) in [5, 5.41) is 21.3. The van der Waals surface area contributed by atoms with E-state index in [0.29, 0.717) is 43.1 Å². The highest BCUT2D eigenvalue weighted by molar-refractivity contribution is 5.44. The van der Waals surface area contributed by atoms with Gasteiger partial charge in [-0.3, -0.25) is 0 Å². The first-order valence-electron chi connectivity index (χ1n) is 7.49. The molecule has 1 saturated carbocycles. The topological polar surface area (TPSA) is 58.9 Å². The zero-order chi connectivity index (χ0) is 14.0. The van der Waals surface area contributed by atoms with Crippen molar-refractivity contribution in [3.05, 3.63) is 23.8 Å². The van der Waals surface area contributed by atoms with Gasteiger partial charge in [0.1, 0.15) is 19.3 Å². The molecule has 0 radical (unpaired) electrons. The minimum atomic E-state index is -1.01. The van der Waals surface area contributed by atoms with Gasteiger partial charge in [0.2, 0.25) is 0 Å². The van der Waals surface area contributed by atoms with E-state index in [1.54, 1.807) is 6.07 Å². The van der Waals surface area contributed by atoms with Crippen LogP contribution < -0.4 is 9.47 Å². The summed E-state index contributed by atoms with van der Waals surface area (Å²) in [5.41, 5.74) is -0.307. The van der Waals surface area contributed by atoms with Crippen molar-refractivity contribution in [2.45, 2.75) is 50.2 Å². The SMILES string of the molecule is OC(c1ccc2c(c1)OCCO2)C1(O)CCCCCC1. The second-order valence-corrected chi connectivity index (χ2v) is 5.82. The first kappa shape index (κ1) is 13.7. The van der Waals surface area contributed by atoms with Crippen molar-refractivity contribution in [1.29, 1.82) is 0 Å². The van der Waals surface area contributed by atoms with Crippen molar-refractivity contribution in [3.8, 4) is 11.5 Å². The van der Waals surface area contributed by atoms with E-state index in [1.165, 1.54) is 0 Å². The quantitative estimate of drug-likeness (QED) is 0.816. The third kappa shape index (κ3) is 2.63. The van der Waals surface area contributed by atoms with Crippen molar-refractivity contribution in [2.75, 3.05) is 13.2 Å². The van der Waals surface area contributed by atoms with Crippen molar-refractivity contribution in [1.82, 2.24) is 0 Å². The molecule has 2 N–H and O–H groups in total. The molecule has 1 fully saturated rings. The number of aliphatic hydroxyl groups excluding tert-OH is 1. The molecule has 1 unspecified atom stereocenters. The minimum Gasteiger partial charge on any atom is -0.486 e. The van der Waals surface area contributed by atoms with Gasteiger partial charge in [-0.15, -0.1) is 0 Å². The monoisotopic (exact) mass is 278 g/mol. The van der Waals surface area contributed by atoms with Crippen LogP contribution in [0.5, 0.6) is 11.5 Å². The summed E-state index contributed by atoms with van der Waals surface area (Å²) in [4.78, 5) is 0. The van der Waals surface area contributed by atoms with Crippen molar-refractivity contribution in [2.24, 2.45) is 0 Å². The maximum atomic E-state index is 10.8. The maximum Gasteiger partial charge on any atom is 0.161 e. The summed E-state index contributed by atoms with van der Waals surface area (Å²) < 4.78 is 11.0. The van der Waals surface area contributed by atoms with Gasteiger partial charge in [-0.1, -0.05) is 31.7 Å². The first-order chi connectivity index (χ1) is 9.69. The summed E-state index contributed by atoms with van der Waals surface area (Å²) in [7, 11) is 0. The van der Waals surface area contributed by atoms with Gasteiger partial charge >= 0.3 is 0 Å². The van der Waals surface area contributed by atoms with Crippen LogP contribution in [0.2, 0.25) is 0 Å². The van der Waals surface area contributed by atoms with Gasteiger partial charge in [-0.2, -0.15) is 0 Å². The van der Waals surface area contributed by atoms with E-state index in [0.717, 1.165) is 25.7 Å². The van der Waals surface area contributed by atoms with E-state index in [-0.39, 0.29) is 0 Å². The molecule has 0 amide bonds. The zero-order valence-electron chi connectivity index (χ0n) is 11.7. The van der Waals surface area contributed by atoms with E-state index in [2.05, 4.69) is 0 Å². The van der Waals surface area contributed by atoms with Crippen LogP contribution in [0.1, 0.15) is 50.2 Å². The fourth-order valence-electron chi connectivity index (χ4n) is 3.15. The molecular weight excluding hydrogens is 256 g/mol. The Morgan fingerprint density at radius 1 is 0.950 bits per heavy atom. The molecule has 1 aliphatic heterocycles. The number of fused-ring (bicyclic) bond motifs is 1. The van der Waals surface area contributed by atoms with Crippen LogP contribution >= 0.6 is 0 Å². The van der Waals surface area contributed by atoms with Crippen LogP contribution in [0, 0.1) is 0 Å². The molecule has 2 aliphatic rings. The van der Waals surface area contributed by atoms with E-state index in [1.807, 2.05) is 12.1 Å².